The minimum absolute atomic E-state index is 0.0100. The lowest BCUT2D eigenvalue weighted by molar-refractivity contribution is 0.411. The first kappa shape index (κ1) is 19.3. The van der Waals surface area contributed by atoms with Crippen LogP contribution in [0.15, 0.2) is 47.4 Å². The maximum Gasteiger partial charge on any atom is 0.301 e. The standard InChI is InChI=1S/C19H24O5S/c1-2-3-4-5-7-10-15-13-14-17(20)19(25(21,22)23)18(15)24-16-11-8-6-9-12-16/h6,8-9,11-14,20H,2-5,7,10H2,1H3,(H,21,22,23). The average molecular weight is 364 g/mol. The Morgan fingerprint density at radius 1 is 0.960 bits per heavy atom. The molecule has 0 aliphatic rings. The lowest BCUT2D eigenvalue weighted by atomic mass is 10.0. The molecular weight excluding hydrogens is 340 g/mol. The highest BCUT2D eigenvalue weighted by molar-refractivity contribution is 7.86. The van der Waals surface area contributed by atoms with Crippen molar-refractivity contribution >= 4 is 10.1 Å². The van der Waals surface area contributed by atoms with E-state index in [0.29, 0.717) is 17.7 Å². The van der Waals surface area contributed by atoms with Crippen LogP contribution in [0.5, 0.6) is 17.2 Å². The van der Waals surface area contributed by atoms with Gasteiger partial charge in [-0.15, -0.1) is 0 Å². The van der Waals surface area contributed by atoms with E-state index in [1.165, 1.54) is 12.5 Å². The summed E-state index contributed by atoms with van der Waals surface area (Å²) in [6.07, 6.45) is 5.94. The highest BCUT2D eigenvalue weighted by atomic mass is 32.2. The maximum atomic E-state index is 11.7. The molecule has 0 unspecified atom stereocenters. The Hall–Kier alpha value is -2.05. The van der Waals surface area contributed by atoms with Gasteiger partial charge in [0.05, 0.1) is 0 Å². The number of phenolic OH excluding ortho intramolecular Hbond substituents is 1. The van der Waals surface area contributed by atoms with Crippen LogP contribution in [0.25, 0.3) is 0 Å². The molecule has 0 saturated carbocycles. The molecule has 0 fully saturated rings. The second-order valence-corrected chi connectivity index (χ2v) is 7.31. The summed E-state index contributed by atoms with van der Waals surface area (Å²) in [5.74, 6) is -0.0995. The molecule has 0 aliphatic heterocycles. The number of rotatable bonds is 9. The predicted molar refractivity (Wildman–Crippen MR) is 96.9 cm³/mol. The third-order valence-corrected chi connectivity index (χ3v) is 4.85. The SMILES string of the molecule is CCCCCCCc1ccc(O)c(S(=O)(=O)O)c1Oc1ccccc1. The molecule has 2 rings (SSSR count). The largest absolute Gasteiger partial charge is 0.506 e. The summed E-state index contributed by atoms with van der Waals surface area (Å²) >= 11 is 0. The smallest absolute Gasteiger partial charge is 0.301 e. The van der Waals surface area contributed by atoms with Gasteiger partial charge in [-0.3, -0.25) is 4.55 Å². The molecule has 0 atom stereocenters. The summed E-state index contributed by atoms with van der Waals surface area (Å²) in [5.41, 5.74) is 0.644. The number of aromatic hydroxyl groups is 1. The molecule has 2 aromatic carbocycles. The summed E-state index contributed by atoms with van der Waals surface area (Å²) < 4.78 is 38.7. The van der Waals surface area contributed by atoms with Crippen molar-refractivity contribution in [2.75, 3.05) is 0 Å². The zero-order valence-corrected chi connectivity index (χ0v) is 15.1. The van der Waals surface area contributed by atoms with Crippen LogP contribution in [-0.2, 0) is 16.5 Å². The van der Waals surface area contributed by atoms with Gasteiger partial charge in [-0.25, -0.2) is 0 Å². The molecule has 0 spiro atoms. The summed E-state index contributed by atoms with van der Waals surface area (Å²) in [4.78, 5) is -0.581. The van der Waals surface area contributed by atoms with E-state index in [-0.39, 0.29) is 5.75 Å². The Morgan fingerprint density at radius 2 is 1.64 bits per heavy atom. The molecule has 5 nitrogen and oxygen atoms in total. The fourth-order valence-corrected chi connectivity index (χ4v) is 3.42. The Morgan fingerprint density at radius 3 is 2.28 bits per heavy atom. The lowest BCUT2D eigenvalue weighted by Gasteiger charge is -2.15. The number of unbranched alkanes of at least 4 members (excludes halogenated alkanes) is 4. The van der Waals surface area contributed by atoms with Gasteiger partial charge in [0.25, 0.3) is 0 Å². The van der Waals surface area contributed by atoms with E-state index in [1.54, 1.807) is 30.3 Å². The molecule has 0 aromatic heterocycles. The number of ether oxygens (including phenoxy) is 1. The van der Waals surface area contributed by atoms with Crippen molar-refractivity contribution in [1.82, 2.24) is 0 Å². The predicted octanol–water partition coefficient (Wildman–Crippen LogP) is 4.94. The quantitative estimate of drug-likeness (QED) is 0.486. The van der Waals surface area contributed by atoms with Crippen molar-refractivity contribution in [3.05, 3.63) is 48.0 Å². The Bertz CT molecular complexity index is 785. The number of phenols is 1. The van der Waals surface area contributed by atoms with Gasteiger partial charge in [0.15, 0.2) is 10.6 Å². The van der Waals surface area contributed by atoms with E-state index in [1.807, 2.05) is 6.07 Å². The molecule has 25 heavy (non-hydrogen) atoms. The van der Waals surface area contributed by atoms with Crippen LogP contribution in [0.2, 0.25) is 0 Å². The van der Waals surface area contributed by atoms with E-state index in [0.717, 1.165) is 25.7 Å². The van der Waals surface area contributed by atoms with Crippen molar-refractivity contribution < 1.29 is 22.8 Å². The Balaban J connectivity index is 2.34. The molecule has 0 heterocycles. The third-order valence-electron chi connectivity index (χ3n) is 3.94. The zero-order valence-electron chi connectivity index (χ0n) is 14.3. The number of hydrogen-bond acceptors (Lipinski definition) is 4. The number of aryl methyl sites for hydroxylation is 1. The summed E-state index contributed by atoms with van der Waals surface area (Å²) in [6, 6.07) is 11.6. The van der Waals surface area contributed by atoms with Gasteiger partial charge in [-0.2, -0.15) is 8.42 Å². The van der Waals surface area contributed by atoms with Crippen LogP contribution < -0.4 is 4.74 Å². The van der Waals surface area contributed by atoms with E-state index >= 15 is 0 Å². The van der Waals surface area contributed by atoms with E-state index in [2.05, 4.69) is 6.92 Å². The Labute approximate surface area is 149 Å². The summed E-state index contributed by atoms with van der Waals surface area (Å²) in [6.45, 7) is 2.14. The summed E-state index contributed by atoms with van der Waals surface area (Å²) in [5, 5.41) is 9.95. The third kappa shape index (κ3) is 5.47. The second kappa shape index (κ2) is 8.87. The van der Waals surface area contributed by atoms with Crippen LogP contribution in [0.4, 0.5) is 0 Å². The van der Waals surface area contributed by atoms with Gasteiger partial charge in [0, 0.05) is 0 Å². The maximum absolute atomic E-state index is 11.7. The highest BCUT2D eigenvalue weighted by Crippen LogP contribution is 2.39. The van der Waals surface area contributed by atoms with Crippen LogP contribution in [0.1, 0.15) is 44.6 Å². The molecule has 136 valence electrons. The Kier molecular flexibility index (Phi) is 6.84. The van der Waals surface area contributed by atoms with Crippen molar-refractivity contribution in [1.29, 1.82) is 0 Å². The molecule has 0 saturated heterocycles. The van der Waals surface area contributed by atoms with Crippen LogP contribution in [0.3, 0.4) is 0 Å². The van der Waals surface area contributed by atoms with Gasteiger partial charge in [0.2, 0.25) is 0 Å². The van der Waals surface area contributed by atoms with Crippen LogP contribution >= 0.6 is 0 Å². The highest BCUT2D eigenvalue weighted by Gasteiger charge is 2.25. The normalized spacial score (nSPS) is 11.4. The van der Waals surface area contributed by atoms with Gasteiger partial charge in [0.1, 0.15) is 11.5 Å². The minimum Gasteiger partial charge on any atom is -0.506 e. The first-order chi connectivity index (χ1) is 11.9. The fraction of sp³-hybridized carbons (Fsp3) is 0.368. The van der Waals surface area contributed by atoms with E-state index in [4.69, 9.17) is 4.74 Å². The molecule has 0 amide bonds. The monoisotopic (exact) mass is 364 g/mol. The van der Waals surface area contributed by atoms with Crippen molar-refractivity contribution in [3.8, 4) is 17.2 Å². The van der Waals surface area contributed by atoms with E-state index < -0.39 is 20.8 Å². The van der Waals surface area contributed by atoms with Gasteiger partial charge >= 0.3 is 10.1 Å². The molecule has 2 N–H and O–H groups in total. The first-order valence-electron chi connectivity index (χ1n) is 8.48. The first-order valence-corrected chi connectivity index (χ1v) is 9.92. The van der Waals surface area contributed by atoms with Gasteiger partial charge in [-0.1, -0.05) is 56.9 Å². The molecular formula is C19H24O5S. The molecule has 0 bridgehead atoms. The van der Waals surface area contributed by atoms with E-state index in [9.17, 15) is 18.1 Å². The topological polar surface area (TPSA) is 83.8 Å². The molecule has 0 aliphatic carbocycles. The van der Waals surface area contributed by atoms with Crippen LogP contribution in [0, 0.1) is 0 Å². The zero-order chi connectivity index (χ0) is 18.3. The minimum atomic E-state index is -4.62. The lowest BCUT2D eigenvalue weighted by Crippen LogP contribution is -2.04. The fourth-order valence-electron chi connectivity index (χ4n) is 2.68. The van der Waals surface area contributed by atoms with Crippen molar-refractivity contribution in [2.45, 2.75) is 50.3 Å². The second-order valence-electron chi connectivity index (χ2n) is 5.96. The summed E-state index contributed by atoms with van der Waals surface area (Å²) in [7, 11) is -4.62. The molecule has 0 radical (unpaired) electrons. The van der Waals surface area contributed by atoms with Gasteiger partial charge in [-0.05, 0) is 36.6 Å². The number of hydrogen-bond donors (Lipinski definition) is 2. The molecule has 2 aromatic rings. The van der Waals surface area contributed by atoms with Crippen molar-refractivity contribution in [2.24, 2.45) is 0 Å². The number of benzene rings is 2. The van der Waals surface area contributed by atoms with Crippen molar-refractivity contribution in [3.63, 3.8) is 0 Å². The average Bonchev–Trinajstić information content (AvgIpc) is 2.56. The molecule has 6 heteroatoms. The van der Waals surface area contributed by atoms with Crippen LogP contribution in [-0.4, -0.2) is 18.1 Å². The van der Waals surface area contributed by atoms with Gasteiger partial charge < -0.3 is 9.84 Å². The number of para-hydroxylation sites is 1.